The van der Waals surface area contributed by atoms with E-state index < -0.39 is 23.1 Å². The number of ether oxygens (including phenoxy) is 1. The van der Waals surface area contributed by atoms with Crippen LogP contribution >= 0.6 is 0 Å². The largest absolute Gasteiger partial charge is 0.483 e. The van der Waals surface area contributed by atoms with Gasteiger partial charge in [-0.3, -0.25) is 9.78 Å². The van der Waals surface area contributed by atoms with Crippen LogP contribution in [0, 0.1) is 18.6 Å². The Kier molecular flexibility index (Phi) is 4.58. The maximum Gasteiger partial charge on any atom is 0.261 e. The Hall–Kier alpha value is -3.54. The maximum atomic E-state index is 13.9. The number of hydrogen-bond acceptors (Lipinski definition) is 3. The summed E-state index contributed by atoms with van der Waals surface area (Å²) in [7, 11) is 0. The molecule has 0 radical (unpaired) electrons. The number of benzene rings is 2. The number of halogens is 2. The summed E-state index contributed by atoms with van der Waals surface area (Å²) in [6.45, 7) is 2.03. The zero-order valence-corrected chi connectivity index (χ0v) is 16.9. The predicted octanol–water partition coefficient (Wildman–Crippen LogP) is 5.67. The number of rotatable bonds is 3. The van der Waals surface area contributed by atoms with Crippen molar-refractivity contribution >= 4 is 17.2 Å². The molecule has 2 heterocycles. The van der Waals surface area contributed by atoms with Gasteiger partial charge in [-0.2, -0.15) is 0 Å². The molecule has 1 aromatic heterocycles. The van der Waals surface area contributed by atoms with Crippen molar-refractivity contribution in [2.75, 3.05) is 5.32 Å². The SMILES string of the molecule is Cc1ccc2c(c1)OC1(C=C2c2ccc(NC(=O)c3c(F)cccc3F)cn2)CCC1. The van der Waals surface area contributed by atoms with Gasteiger partial charge in [0.25, 0.3) is 5.91 Å². The lowest BCUT2D eigenvalue weighted by atomic mass is 9.76. The van der Waals surface area contributed by atoms with E-state index in [0.717, 1.165) is 59.5 Å². The number of carbonyl (C=O) groups excluding carboxylic acids is 1. The number of carbonyl (C=O) groups is 1. The molecule has 3 aromatic rings. The first-order valence-corrected chi connectivity index (χ1v) is 10.2. The van der Waals surface area contributed by atoms with Gasteiger partial charge in [-0.05, 0) is 68.2 Å². The van der Waals surface area contributed by atoms with E-state index in [1.165, 1.54) is 12.3 Å². The average molecular weight is 418 g/mol. The fourth-order valence-corrected chi connectivity index (χ4v) is 4.04. The highest BCUT2D eigenvalue weighted by Gasteiger charge is 2.41. The van der Waals surface area contributed by atoms with Crippen LogP contribution < -0.4 is 10.1 Å². The van der Waals surface area contributed by atoms with E-state index in [1.54, 1.807) is 12.1 Å². The number of pyridine rings is 1. The van der Waals surface area contributed by atoms with Crippen molar-refractivity contribution in [2.45, 2.75) is 31.8 Å². The van der Waals surface area contributed by atoms with Crippen molar-refractivity contribution < 1.29 is 18.3 Å². The summed E-state index contributed by atoms with van der Waals surface area (Å²) in [6.07, 6.45) is 6.68. The van der Waals surface area contributed by atoms with Crippen LogP contribution in [0.2, 0.25) is 0 Å². The molecule has 0 unspecified atom stereocenters. The Morgan fingerprint density at radius 2 is 1.87 bits per heavy atom. The zero-order valence-electron chi connectivity index (χ0n) is 16.9. The number of nitrogens with one attached hydrogen (secondary N) is 1. The Morgan fingerprint density at radius 3 is 2.52 bits per heavy atom. The highest BCUT2D eigenvalue weighted by atomic mass is 19.1. The topological polar surface area (TPSA) is 51.2 Å². The second-order valence-corrected chi connectivity index (χ2v) is 8.06. The van der Waals surface area contributed by atoms with Crippen LogP contribution in [-0.4, -0.2) is 16.5 Å². The molecule has 2 aromatic carbocycles. The Morgan fingerprint density at radius 1 is 1.10 bits per heavy atom. The molecule has 1 aliphatic carbocycles. The van der Waals surface area contributed by atoms with Gasteiger partial charge in [0.15, 0.2) is 0 Å². The molecular weight excluding hydrogens is 398 g/mol. The standard InChI is InChI=1S/C25H20F2N2O2/c1-15-6-8-17-18(13-25(10-3-11-25)31-22(17)12-15)21-9-7-16(14-28-21)29-24(30)23-19(26)4-2-5-20(23)27/h2,4-9,12-14H,3,10-11H2,1H3,(H,29,30). The molecule has 1 spiro atoms. The van der Waals surface area contributed by atoms with Gasteiger partial charge in [0.05, 0.1) is 17.6 Å². The van der Waals surface area contributed by atoms with Gasteiger partial charge in [0.2, 0.25) is 0 Å². The Labute approximate surface area is 178 Å². The molecule has 1 aliphatic heterocycles. The summed E-state index contributed by atoms with van der Waals surface area (Å²) < 4.78 is 34.0. The minimum Gasteiger partial charge on any atom is -0.483 e. The maximum absolute atomic E-state index is 13.9. The van der Waals surface area contributed by atoms with E-state index in [1.807, 2.05) is 25.1 Å². The minimum absolute atomic E-state index is 0.285. The second kappa shape index (κ2) is 7.30. The lowest BCUT2D eigenvalue weighted by molar-refractivity contribution is 0.0376. The molecule has 1 N–H and O–H groups in total. The lowest BCUT2D eigenvalue weighted by Gasteiger charge is -2.43. The Bertz CT molecular complexity index is 1190. The number of hydrogen-bond donors (Lipinski definition) is 1. The van der Waals surface area contributed by atoms with Crippen molar-refractivity contribution in [3.8, 4) is 5.75 Å². The van der Waals surface area contributed by atoms with Gasteiger partial charge >= 0.3 is 0 Å². The molecule has 2 aliphatic rings. The third-order valence-electron chi connectivity index (χ3n) is 5.83. The van der Waals surface area contributed by atoms with Crippen LogP contribution in [0.25, 0.3) is 5.57 Å². The van der Waals surface area contributed by atoms with Gasteiger partial charge in [0.1, 0.15) is 28.5 Å². The smallest absolute Gasteiger partial charge is 0.261 e. The monoisotopic (exact) mass is 418 g/mol. The van der Waals surface area contributed by atoms with Gasteiger partial charge < -0.3 is 10.1 Å². The second-order valence-electron chi connectivity index (χ2n) is 8.06. The van der Waals surface area contributed by atoms with Crippen LogP contribution in [0.3, 0.4) is 0 Å². The lowest BCUT2D eigenvalue weighted by Crippen LogP contribution is -2.43. The minimum atomic E-state index is -0.910. The molecule has 1 fully saturated rings. The van der Waals surface area contributed by atoms with Crippen LogP contribution in [0.4, 0.5) is 14.5 Å². The molecule has 0 bridgehead atoms. The molecule has 1 amide bonds. The number of fused-ring (bicyclic) bond motifs is 1. The fourth-order valence-electron chi connectivity index (χ4n) is 4.04. The van der Waals surface area contributed by atoms with Crippen LogP contribution in [0.5, 0.6) is 5.75 Å². The summed E-state index contributed by atoms with van der Waals surface area (Å²) in [4.78, 5) is 16.8. The quantitative estimate of drug-likeness (QED) is 0.597. The summed E-state index contributed by atoms with van der Waals surface area (Å²) in [6, 6.07) is 12.9. The third kappa shape index (κ3) is 3.48. The van der Waals surface area contributed by atoms with Crippen molar-refractivity contribution in [2.24, 2.45) is 0 Å². The van der Waals surface area contributed by atoms with E-state index in [9.17, 15) is 13.6 Å². The molecule has 0 saturated heterocycles. The summed E-state index contributed by atoms with van der Waals surface area (Å²) in [5.74, 6) is -1.82. The summed E-state index contributed by atoms with van der Waals surface area (Å²) >= 11 is 0. The van der Waals surface area contributed by atoms with Gasteiger partial charge in [-0.15, -0.1) is 0 Å². The van der Waals surface area contributed by atoms with Gasteiger partial charge in [-0.25, -0.2) is 8.78 Å². The number of nitrogens with zero attached hydrogens (tertiary/aromatic N) is 1. The molecular formula is C25H20F2N2O2. The molecule has 5 rings (SSSR count). The van der Waals surface area contributed by atoms with Crippen molar-refractivity contribution in [3.05, 3.63) is 94.8 Å². The first-order valence-electron chi connectivity index (χ1n) is 10.2. The van der Waals surface area contributed by atoms with E-state index in [-0.39, 0.29) is 5.60 Å². The van der Waals surface area contributed by atoms with E-state index in [2.05, 4.69) is 16.4 Å². The third-order valence-corrected chi connectivity index (χ3v) is 5.83. The molecule has 4 nitrogen and oxygen atoms in total. The number of aromatic nitrogens is 1. The number of aryl methyl sites for hydroxylation is 1. The first-order chi connectivity index (χ1) is 14.9. The van der Waals surface area contributed by atoms with E-state index in [4.69, 9.17) is 4.74 Å². The zero-order chi connectivity index (χ0) is 21.6. The molecule has 0 atom stereocenters. The van der Waals surface area contributed by atoms with Gasteiger partial charge in [0, 0.05) is 11.1 Å². The molecule has 1 saturated carbocycles. The van der Waals surface area contributed by atoms with Crippen LogP contribution in [0.1, 0.15) is 46.4 Å². The predicted molar refractivity (Wildman–Crippen MR) is 114 cm³/mol. The highest BCUT2D eigenvalue weighted by molar-refractivity contribution is 6.04. The molecule has 31 heavy (non-hydrogen) atoms. The van der Waals surface area contributed by atoms with E-state index >= 15 is 0 Å². The number of anilines is 1. The van der Waals surface area contributed by atoms with Crippen LogP contribution in [-0.2, 0) is 0 Å². The van der Waals surface area contributed by atoms with Crippen molar-refractivity contribution in [1.29, 1.82) is 0 Å². The fraction of sp³-hybridized carbons (Fsp3) is 0.200. The normalized spacial score (nSPS) is 16.0. The summed E-state index contributed by atoms with van der Waals surface area (Å²) in [5.41, 5.74) is 3.28. The van der Waals surface area contributed by atoms with Crippen LogP contribution in [0.15, 0.2) is 60.8 Å². The van der Waals surface area contributed by atoms with Gasteiger partial charge in [-0.1, -0.05) is 18.2 Å². The average Bonchev–Trinajstić information content (AvgIpc) is 2.72. The molecule has 156 valence electrons. The first kappa shape index (κ1) is 19.4. The van der Waals surface area contributed by atoms with E-state index in [0.29, 0.717) is 5.69 Å². The highest BCUT2D eigenvalue weighted by Crippen LogP contribution is 2.47. The summed E-state index contributed by atoms with van der Waals surface area (Å²) in [5, 5.41) is 2.51. The van der Waals surface area contributed by atoms with Crippen molar-refractivity contribution in [1.82, 2.24) is 4.98 Å². The van der Waals surface area contributed by atoms with Crippen molar-refractivity contribution in [3.63, 3.8) is 0 Å². The molecule has 6 heteroatoms. The number of amides is 1. The Balaban J connectivity index is 1.44.